The molecular weight excluding hydrogens is 210 g/mol. The van der Waals surface area contributed by atoms with Crippen LogP contribution in [0.1, 0.15) is 15.1 Å². The van der Waals surface area contributed by atoms with E-state index in [0.29, 0.717) is 5.01 Å². The number of nitrogens with zero attached hydrogens (tertiary/aromatic N) is 1. The van der Waals surface area contributed by atoms with E-state index in [0.717, 1.165) is 11.1 Å². The highest BCUT2D eigenvalue weighted by atomic mass is 32.2. The summed E-state index contributed by atoms with van der Waals surface area (Å²) in [6.07, 6.45) is 2.71. The van der Waals surface area contributed by atoms with E-state index in [2.05, 4.69) is 4.98 Å². The predicted octanol–water partition coefficient (Wildman–Crippen LogP) is 0.530. The van der Waals surface area contributed by atoms with Crippen LogP contribution in [-0.4, -0.2) is 31.4 Å². The van der Waals surface area contributed by atoms with E-state index in [1.54, 1.807) is 6.20 Å². The fraction of sp³-hybridized carbons (Fsp3) is 0.571. The molecule has 0 aliphatic heterocycles. The standard InChI is InChI=1S/C7H11NO3S2/c1-5-3-8-7(12-5)6(4-9)13(2,10)11/h3,6,9H,4H2,1-2H3. The number of sulfone groups is 1. The van der Waals surface area contributed by atoms with Gasteiger partial charge in [-0.05, 0) is 6.92 Å². The van der Waals surface area contributed by atoms with Crippen molar-refractivity contribution < 1.29 is 13.5 Å². The number of hydrogen-bond donors (Lipinski definition) is 1. The predicted molar refractivity (Wildman–Crippen MR) is 51.5 cm³/mol. The lowest BCUT2D eigenvalue weighted by Crippen LogP contribution is -2.14. The van der Waals surface area contributed by atoms with Crippen molar-refractivity contribution in [2.45, 2.75) is 12.2 Å². The highest BCUT2D eigenvalue weighted by Gasteiger charge is 2.24. The van der Waals surface area contributed by atoms with Crippen LogP contribution < -0.4 is 0 Å². The molecule has 0 aromatic carbocycles. The third-order valence-electron chi connectivity index (χ3n) is 1.60. The number of aliphatic hydroxyl groups is 1. The second kappa shape index (κ2) is 3.73. The minimum absolute atomic E-state index is 0.411. The zero-order valence-electron chi connectivity index (χ0n) is 7.39. The summed E-state index contributed by atoms with van der Waals surface area (Å²) in [5, 5.41) is 8.50. The fourth-order valence-electron chi connectivity index (χ4n) is 0.918. The van der Waals surface area contributed by atoms with Crippen molar-refractivity contribution in [1.29, 1.82) is 0 Å². The van der Waals surface area contributed by atoms with E-state index >= 15 is 0 Å². The maximum atomic E-state index is 11.2. The van der Waals surface area contributed by atoms with Crippen molar-refractivity contribution in [3.8, 4) is 0 Å². The molecule has 4 nitrogen and oxygen atoms in total. The fourth-order valence-corrected chi connectivity index (χ4v) is 3.03. The first-order chi connectivity index (χ1) is 5.95. The first-order valence-electron chi connectivity index (χ1n) is 3.67. The van der Waals surface area contributed by atoms with Gasteiger partial charge in [0, 0.05) is 17.3 Å². The molecule has 0 spiro atoms. The van der Waals surface area contributed by atoms with Gasteiger partial charge in [0.05, 0.1) is 6.61 Å². The number of hydrogen-bond acceptors (Lipinski definition) is 5. The Balaban J connectivity index is 3.05. The summed E-state index contributed by atoms with van der Waals surface area (Å²) >= 11 is 1.30. The van der Waals surface area contributed by atoms with E-state index in [1.165, 1.54) is 11.3 Å². The van der Waals surface area contributed by atoms with Gasteiger partial charge < -0.3 is 5.11 Å². The number of rotatable bonds is 3. The van der Waals surface area contributed by atoms with Crippen LogP contribution in [0.3, 0.4) is 0 Å². The molecule has 0 aliphatic carbocycles. The summed E-state index contributed by atoms with van der Waals surface area (Å²) < 4.78 is 22.4. The number of thiazole rings is 1. The van der Waals surface area contributed by atoms with Crippen LogP contribution in [0.5, 0.6) is 0 Å². The van der Waals surface area contributed by atoms with Gasteiger partial charge in [0.1, 0.15) is 10.3 Å². The second-order valence-corrected chi connectivity index (χ2v) is 6.30. The van der Waals surface area contributed by atoms with Crippen molar-refractivity contribution in [2.75, 3.05) is 12.9 Å². The molecule has 0 bridgehead atoms. The molecule has 1 unspecified atom stereocenters. The Morgan fingerprint density at radius 1 is 1.69 bits per heavy atom. The molecule has 1 aromatic rings. The highest BCUT2D eigenvalue weighted by Crippen LogP contribution is 2.25. The molecule has 1 rings (SSSR count). The van der Waals surface area contributed by atoms with Crippen LogP contribution in [-0.2, 0) is 9.84 Å². The van der Waals surface area contributed by atoms with Crippen molar-refractivity contribution >= 4 is 21.2 Å². The quantitative estimate of drug-likeness (QED) is 0.808. The molecule has 0 radical (unpaired) electrons. The highest BCUT2D eigenvalue weighted by molar-refractivity contribution is 7.91. The summed E-state index contributed by atoms with van der Waals surface area (Å²) in [4.78, 5) is 4.87. The first kappa shape index (κ1) is 10.6. The summed E-state index contributed by atoms with van der Waals surface area (Å²) in [6.45, 7) is 1.43. The molecule has 6 heteroatoms. The van der Waals surface area contributed by atoms with Crippen molar-refractivity contribution in [1.82, 2.24) is 4.98 Å². The Hall–Kier alpha value is -0.460. The lowest BCUT2D eigenvalue weighted by molar-refractivity contribution is 0.291. The van der Waals surface area contributed by atoms with Gasteiger partial charge in [-0.15, -0.1) is 11.3 Å². The van der Waals surface area contributed by atoms with Crippen LogP contribution in [0.2, 0.25) is 0 Å². The topological polar surface area (TPSA) is 67.3 Å². The van der Waals surface area contributed by atoms with E-state index in [-0.39, 0.29) is 0 Å². The monoisotopic (exact) mass is 221 g/mol. The molecule has 0 amide bonds. The third-order valence-corrected chi connectivity index (χ3v) is 4.18. The minimum atomic E-state index is -3.26. The molecule has 1 N–H and O–H groups in total. The molecule has 0 fully saturated rings. The first-order valence-corrected chi connectivity index (χ1v) is 6.44. The zero-order chi connectivity index (χ0) is 10.1. The smallest absolute Gasteiger partial charge is 0.159 e. The van der Waals surface area contributed by atoms with Crippen LogP contribution >= 0.6 is 11.3 Å². The maximum absolute atomic E-state index is 11.2. The average molecular weight is 221 g/mol. The van der Waals surface area contributed by atoms with E-state index in [9.17, 15) is 8.42 Å². The second-order valence-electron chi connectivity index (χ2n) is 2.81. The summed E-state index contributed by atoms with van der Waals surface area (Å²) in [5.74, 6) is 0. The molecule has 13 heavy (non-hydrogen) atoms. The van der Waals surface area contributed by atoms with Gasteiger partial charge >= 0.3 is 0 Å². The number of aliphatic hydroxyl groups excluding tert-OH is 1. The van der Waals surface area contributed by atoms with Gasteiger partial charge in [0.15, 0.2) is 9.84 Å². The summed E-state index contributed by atoms with van der Waals surface area (Å²) in [7, 11) is -3.26. The van der Waals surface area contributed by atoms with Gasteiger partial charge in [-0.25, -0.2) is 13.4 Å². The lowest BCUT2D eigenvalue weighted by atomic mass is 10.5. The molecule has 0 saturated carbocycles. The van der Waals surface area contributed by atoms with Gasteiger partial charge in [-0.3, -0.25) is 0 Å². The Bertz CT molecular complexity index is 382. The van der Waals surface area contributed by atoms with Crippen LogP contribution in [0.15, 0.2) is 6.20 Å². The van der Waals surface area contributed by atoms with Crippen molar-refractivity contribution in [2.24, 2.45) is 0 Å². The van der Waals surface area contributed by atoms with E-state index in [4.69, 9.17) is 5.11 Å². The van der Waals surface area contributed by atoms with Crippen LogP contribution in [0.4, 0.5) is 0 Å². The van der Waals surface area contributed by atoms with E-state index < -0.39 is 21.7 Å². The lowest BCUT2D eigenvalue weighted by Gasteiger charge is -2.07. The van der Waals surface area contributed by atoms with Gasteiger partial charge in [0.25, 0.3) is 0 Å². The van der Waals surface area contributed by atoms with Gasteiger partial charge in [-0.1, -0.05) is 0 Å². The molecule has 1 heterocycles. The summed E-state index contributed by atoms with van der Waals surface area (Å²) in [5.41, 5.74) is 0. The number of aromatic nitrogens is 1. The molecule has 74 valence electrons. The average Bonchev–Trinajstić information content (AvgIpc) is 2.34. The Kier molecular flexibility index (Phi) is 3.05. The Morgan fingerprint density at radius 2 is 2.31 bits per heavy atom. The Morgan fingerprint density at radius 3 is 2.62 bits per heavy atom. The third kappa shape index (κ3) is 2.49. The van der Waals surface area contributed by atoms with Crippen LogP contribution in [0.25, 0.3) is 0 Å². The molecule has 1 aromatic heterocycles. The largest absolute Gasteiger partial charge is 0.395 e. The maximum Gasteiger partial charge on any atom is 0.159 e. The van der Waals surface area contributed by atoms with Crippen molar-refractivity contribution in [3.63, 3.8) is 0 Å². The van der Waals surface area contributed by atoms with Gasteiger partial charge in [-0.2, -0.15) is 0 Å². The molecule has 1 atom stereocenters. The number of aryl methyl sites for hydroxylation is 1. The molecule has 0 aliphatic rings. The van der Waals surface area contributed by atoms with E-state index in [1.807, 2.05) is 6.92 Å². The van der Waals surface area contributed by atoms with Crippen LogP contribution in [0, 0.1) is 6.92 Å². The van der Waals surface area contributed by atoms with Crippen molar-refractivity contribution in [3.05, 3.63) is 16.1 Å². The molecular formula is C7H11NO3S2. The minimum Gasteiger partial charge on any atom is -0.395 e. The zero-order valence-corrected chi connectivity index (χ0v) is 9.02. The normalized spacial score (nSPS) is 14.4. The van der Waals surface area contributed by atoms with Gasteiger partial charge in [0.2, 0.25) is 0 Å². The summed E-state index contributed by atoms with van der Waals surface area (Å²) in [6, 6.07) is 0. The SMILES string of the molecule is Cc1cnc(C(CO)S(C)(=O)=O)s1. The Labute approximate surface area is 81.2 Å². The molecule has 0 saturated heterocycles.